The summed E-state index contributed by atoms with van der Waals surface area (Å²) in [4.78, 5) is 18.9. The van der Waals surface area contributed by atoms with Crippen LogP contribution in [-0.4, -0.2) is 48.4 Å². The molecule has 7 heteroatoms. The Kier molecular flexibility index (Phi) is 6.59. The number of rotatable bonds is 6. The van der Waals surface area contributed by atoms with Crippen LogP contribution in [0.25, 0.3) is 6.08 Å². The molecule has 0 bridgehead atoms. The molecule has 0 spiro atoms. The van der Waals surface area contributed by atoms with Gasteiger partial charge in [0.2, 0.25) is 5.91 Å². The van der Waals surface area contributed by atoms with Crippen LogP contribution in [0.2, 0.25) is 0 Å². The van der Waals surface area contributed by atoms with Gasteiger partial charge in [-0.2, -0.15) is 0 Å². The Hall–Kier alpha value is -2.22. The maximum absolute atomic E-state index is 12.6. The minimum absolute atomic E-state index is 0.0250. The fourth-order valence-electron chi connectivity index (χ4n) is 3.69. The van der Waals surface area contributed by atoms with Crippen LogP contribution in [0, 0.1) is 12.8 Å². The third kappa shape index (κ3) is 5.44. The quantitative estimate of drug-likeness (QED) is 0.675. The zero-order valence-corrected chi connectivity index (χ0v) is 17.4. The van der Waals surface area contributed by atoms with Crippen molar-refractivity contribution in [3.8, 4) is 5.75 Å². The van der Waals surface area contributed by atoms with Crippen LogP contribution in [0.1, 0.15) is 29.1 Å². The molecule has 2 saturated heterocycles. The van der Waals surface area contributed by atoms with Crippen LogP contribution in [0.15, 0.2) is 35.7 Å². The van der Waals surface area contributed by atoms with Crippen molar-refractivity contribution in [1.29, 1.82) is 0 Å². The maximum Gasteiger partial charge on any atom is 0.246 e. The molecule has 0 N–H and O–H groups in total. The monoisotopic (exact) mass is 414 g/mol. The molecule has 2 aliphatic heterocycles. The van der Waals surface area contributed by atoms with Crippen LogP contribution in [0.4, 0.5) is 0 Å². The Bertz CT molecular complexity index is 860. The minimum Gasteiger partial charge on any atom is -0.487 e. The molecule has 1 aromatic heterocycles. The molecule has 1 aromatic carbocycles. The van der Waals surface area contributed by atoms with Crippen LogP contribution in [0.5, 0.6) is 5.75 Å². The van der Waals surface area contributed by atoms with E-state index < -0.39 is 0 Å². The van der Waals surface area contributed by atoms with Crippen molar-refractivity contribution < 1.29 is 19.0 Å². The Morgan fingerprint density at radius 1 is 1.38 bits per heavy atom. The Morgan fingerprint density at radius 2 is 2.24 bits per heavy atom. The number of piperidine rings is 1. The fraction of sp³-hybridized carbons (Fsp3) is 0.455. The van der Waals surface area contributed by atoms with Gasteiger partial charge in [-0.05, 0) is 43.5 Å². The number of likely N-dealkylation sites (tertiary alicyclic amines) is 1. The van der Waals surface area contributed by atoms with Crippen molar-refractivity contribution >= 4 is 23.3 Å². The summed E-state index contributed by atoms with van der Waals surface area (Å²) in [5.74, 6) is 1.05. The van der Waals surface area contributed by atoms with E-state index in [9.17, 15) is 4.79 Å². The predicted molar refractivity (Wildman–Crippen MR) is 112 cm³/mol. The van der Waals surface area contributed by atoms with E-state index in [1.54, 1.807) is 17.4 Å². The van der Waals surface area contributed by atoms with Crippen LogP contribution < -0.4 is 4.74 Å². The smallest absolute Gasteiger partial charge is 0.246 e. The lowest BCUT2D eigenvalue weighted by Gasteiger charge is -2.34. The molecule has 154 valence electrons. The lowest BCUT2D eigenvalue weighted by Crippen LogP contribution is -2.43. The predicted octanol–water partition coefficient (Wildman–Crippen LogP) is 3.66. The Labute approximate surface area is 175 Å². The van der Waals surface area contributed by atoms with Crippen molar-refractivity contribution in [3.63, 3.8) is 0 Å². The highest BCUT2D eigenvalue weighted by molar-refractivity contribution is 7.09. The molecule has 1 unspecified atom stereocenters. The second-order valence-electron chi connectivity index (χ2n) is 7.35. The van der Waals surface area contributed by atoms with Gasteiger partial charge in [-0.25, -0.2) is 4.98 Å². The molecule has 4 rings (SSSR count). The first-order chi connectivity index (χ1) is 14.2. The summed E-state index contributed by atoms with van der Waals surface area (Å²) >= 11 is 1.62. The largest absolute Gasteiger partial charge is 0.487 e. The molecule has 0 radical (unpaired) electrons. The van der Waals surface area contributed by atoms with Crippen molar-refractivity contribution in [3.05, 3.63) is 52.0 Å². The average molecular weight is 415 g/mol. The molecule has 3 heterocycles. The number of aryl methyl sites for hydroxylation is 1. The number of thiazole rings is 1. The Morgan fingerprint density at radius 3 is 3.03 bits per heavy atom. The normalized spacial score (nSPS) is 20.4. The van der Waals surface area contributed by atoms with Crippen LogP contribution in [0.3, 0.4) is 0 Å². The lowest BCUT2D eigenvalue weighted by molar-refractivity contribution is -0.134. The zero-order chi connectivity index (χ0) is 20.1. The summed E-state index contributed by atoms with van der Waals surface area (Å²) in [7, 11) is 0. The number of carbonyl (C=O) groups is 1. The molecule has 29 heavy (non-hydrogen) atoms. The number of amides is 1. The van der Waals surface area contributed by atoms with E-state index >= 15 is 0 Å². The minimum atomic E-state index is -0.162. The number of aromatic nitrogens is 1. The second-order valence-corrected chi connectivity index (χ2v) is 8.41. The number of benzene rings is 1. The summed E-state index contributed by atoms with van der Waals surface area (Å²) in [6.45, 7) is 5.18. The van der Waals surface area contributed by atoms with Gasteiger partial charge >= 0.3 is 0 Å². The number of carbonyl (C=O) groups excluding carboxylic acids is 1. The highest BCUT2D eigenvalue weighted by Crippen LogP contribution is 2.25. The molecule has 2 fully saturated rings. The van der Waals surface area contributed by atoms with Gasteiger partial charge in [0.05, 0.1) is 23.9 Å². The maximum atomic E-state index is 12.6. The van der Waals surface area contributed by atoms with Gasteiger partial charge in [0, 0.05) is 30.5 Å². The van der Waals surface area contributed by atoms with Crippen molar-refractivity contribution in [1.82, 2.24) is 9.88 Å². The molecule has 0 aliphatic carbocycles. The molecule has 0 saturated carbocycles. The molecular formula is C22H26N2O4S. The van der Waals surface area contributed by atoms with Gasteiger partial charge in [-0.3, -0.25) is 4.79 Å². The van der Waals surface area contributed by atoms with Crippen LogP contribution in [-0.2, 0) is 20.9 Å². The van der Waals surface area contributed by atoms with E-state index in [0.29, 0.717) is 26.4 Å². The summed E-state index contributed by atoms with van der Waals surface area (Å²) in [5.41, 5.74) is 1.86. The number of hydrogen-bond donors (Lipinski definition) is 0. The topological polar surface area (TPSA) is 60.9 Å². The first-order valence-corrected chi connectivity index (χ1v) is 10.9. The molecule has 1 amide bonds. The van der Waals surface area contributed by atoms with Crippen molar-refractivity contribution in [2.75, 3.05) is 26.3 Å². The zero-order valence-electron chi connectivity index (χ0n) is 16.6. The molecule has 6 nitrogen and oxygen atoms in total. The van der Waals surface area contributed by atoms with Crippen molar-refractivity contribution in [2.45, 2.75) is 32.7 Å². The van der Waals surface area contributed by atoms with E-state index in [-0.39, 0.29) is 18.1 Å². The molecule has 2 aliphatic rings. The van der Waals surface area contributed by atoms with Gasteiger partial charge in [-0.15, -0.1) is 11.3 Å². The van der Waals surface area contributed by atoms with E-state index in [1.807, 2.05) is 47.5 Å². The van der Waals surface area contributed by atoms with E-state index in [0.717, 1.165) is 41.4 Å². The molecule has 1 atom stereocenters. The van der Waals surface area contributed by atoms with Gasteiger partial charge in [0.25, 0.3) is 0 Å². The molecular weight excluding hydrogens is 388 g/mol. The highest BCUT2D eigenvalue weighted by atomic mass is 32.1. The third-order valence-corrected chi connectivity index (χ3v) is 5.95. The van der Waals surface area contributed by atoms with Crippen molar-refractivity contribution in [2.24, 2.45) is 5.92 Å². The third-order valence-electron chi connectivity index (χ3n) is 5.13. The summed E-state index contributed by atoms with van der Waals surface area (Å²) in [6, 6.07) is 7.73. The molecule has 2 aromatic rings. The van der Waals surface area contributed by atoms with Gasteiger partial charge in [-0.1, -0.05) is 12.1 Å². The number of ether oxygens (including phenoxy) is 3. The second kappa shape index (κ2) is 9.52. The van der Waals surface area contributed by atoms with Gasteiger partial charge < -0.3 is 19.1 Å². The van der Waals surface area contributed by atoms with Gasteiger partial charge in [0.1, 0.15) is 12.4 Å². The number of nitrogens with zero attached hydrogens (tertiary/aromatic N) is 2. The lowest BCUT2D eigenvalue weighted by atomic mass is 9.97. The summed E-state index contributed by atoms with van der Waals surface area (Å²) < 4.78 is 17.1. The average Bonchev–Trinajstić information content (AvgIpc) is 3.43. The summed E-state index contributed by atoms with van der Waals surface area (Å²) in [5, 5.41) is 3.04. The standard InChI is InChI=1S/C22H26N2O4S/c1-16-23-19(15-29-16)14-28-20-6-2-4-17(12-20)7-8-21(25)24-9-3-5-18(13-24)22-26-10-11-27-22/h2,4,6-8,12,15,18,22H,3,5,9-11,13-14H2,1H3/b8-7+. The Balaban J connectivity index is 1.32. The summed E-state index contributed by atoms with van der Waals surface area (Å²) in [6.07, 6.45) is 5.34. The first-order valence-electron chi connectivity index (χ1n) is 10.0. The van der Waals surface area contributed by atoms with Gasteiger partial charge in [0.15, 0.2) is 6.29 Å². The first kappa shape index (κ1) is 20.1. The fourth-order valence-corrected chi connectivity index (χ4v) is 4.29. The highest BCUT2D eigenvalue weighted by Gasteiger charge is 2.32. The number of hydrogen-bond acceptors (Lipinski definition) is 6. The van der Waals surface area contributed by atoms with E-state index in [1.165, 1.54) is 0 Å². The van der Waals surface area contributed by atoms with E-state index in [4.69, 9.17) is 14.2 Å². The SMILES string of the molecule is Cc1nc(COc2cccc(/C=C/C(=O)N3CCCC(C4OCCO4)C3)c2)cs1. The van der Waals surface area contributed by atoms with Crippen LogP contribution >= 0.6 is 11.3 Å². The van der Waals surface area contributed by atoms with E-state index in [2.05, 4.69) is 4.98 Å².